The Labute approximate surface area is 140 Å². The Morgan fingerprint density at radius 2 is 1.91 bits per heavy atom. The summed E-state index contributed by atoms with van der Waals surface area (Å²) in [5, 5.41) is 3.56. The van der Waals surface area contributed by atoms with Crippen LogP contribution in [0.25, 0.3) is 0 Å². The number of likely N-dealkylation sites (N-methyl/N-ethyl adjacent to an activating group) is 1. The third-order valence-corrected chi connectivity index (χ3v) is 4.35. The highest BCUT2D eigenvalue weighted by Gasteiger charge is 2.34. The molecule has 0 spiro atoms. The summed E-state index contributed by atoms with van der Waals surface area (Å²) in [5.74, 6) is -0.224. The van der Waals surface area contributed by atoms with Crippen molar-refractivity contribution in [3.8, 4) is 0 Å². The molecule has 1 heterocycles. The Balaban J connectivity index is 1.78. The van der Waals surface area contributed by atoms with E-state index in [1.165, 1.54) is 4.90 Å². The number of benzene rings is 2. The van der Waals surface area contributed by atoms with E-state index in [0.29, 0.717) is 18.0 Å². The van der Waals surface area contributed by atoms with E-state index in [2.05, 4.69) is 5.32 Å². The first-order valence-corrected chi connectivity index (χ1v) is 7.79. The van der Waals surface area contributed by atoms with Crippen LogP contribution >= 0.6 is 11.6 Å². The number of carbonyl (C=O) groups is 2. The lowest BCUT2D eigenvalue weighted by Crippen LogP contribution is -2.45. The number of hydrogen-bond acceptors (Lipinski definition) is 2. The topological polar surface area (TPSA) is 49.4 Å². The van der Waals surface area contributed by atoms with E-state index in [0.717, 1.165) is 16.7 Å². The number of fused-ring (bicyclic) bond motifs is 1. The molecular weight excluding hydrogens is 312 g/mol. The lowest BCUT2D eigenvalue weighted by Gasteiger charge is -2.33. The molecule has 1 N–H and O–H groups in total. The summed E-state index contributed by atoms with van der Waals surface area (Å²) in [6.45, 7) is 0.400. The molecule has 0 fully saturated rings. The first-order chi connectivity index (χ1) is 11.1. The summed E-state index contributed by atoms with van der Waals surface area (Å²) in [7, 11) is 1.67. The molecule has 0 bridgehead atoms. The predicted molar refractivity (Wildman–Crippen MR) is 89.0 cm³/mol. The highest BCUT2D eigenvalue weighted by Crippen LogP contribution is 2.29. The van der Waals surface area contributed by atoms with Crippen molar-refractivity contribution in [2.45, 2.75) is 19.0 Å². The zero-order valence-electron chi connectivity index (χ0n) is 12.8. The number of rotatable bonds is 3. The van der Waals surface area contributed by atoms with Crippen LogP contribution in [0.2, 0.25) is 5.02 Å². The first-order valence-electron chi connectivity index (χ1n) is 7.42. The standard InChI is InChI=1S/C18H17ClN2O2/c1-21-16(22)10-13-4-2-3-5-15(13)17(21)18(23)20-11-12-6-8-14(19)9-7-12/h2-9,17H,10-11H2,1H3,(H,20,23)/t17-/m0/s1. The molecule has 0 aromatic heterocycles. The fraction of sp³-hybridized carbons (Fsp3) is 0.222. The molecule has 0 radical (unpaired) electrons. The van der Waals surface area contributed by atoms with Crippen LogP contribution in [0.3, 0.4) is 0 Å². The molecule has 2 amide bonds. The minimum atomic E-state index is -0.584. The molecular formula is C18H17ClN2O2. The molecule has 2 aromatic rings. The van der Waals surface area contributed by atoms with Gasteiger partial charge in [0.05, 0.1) is 6.42 Å². The second-order valence-electron chi connectivity index (χ2n) is 5.63. The molecule has 1 aliphatic heterocycles. The van der Waals surface area contributed by atoms with Gasteiger partial charge in [0.2, 0.25) is 11.8 Å². The van der Waals surface area contributed by atoms with Crippen LogP contribution in [-0.2, 0) is 22.6 Å². The van der Waals surface area contributed by atoms with Crippen LogP contribution < -0.4 is 5.32 Å². The highest BCUT2D eigenvalue weighted by molar-refractivity contribution is 6.30. The van der Waals surface area contributed by atoms with Crippen molar-refractivity contribution in [3.05, 3.63) is 70.2 Å². The van der Waals surface area contributed by atoms with Crippen molar-refractivity contribution in [3.63, 3.8) is 0 Å². The van der Waals surface area contributed by atoms with E-state index in [-0.39, 0.29) is 11.8 Å². The van der Waals surface area contributed by atoms with Crippen molar-refractivity contribution in [2.75, 3.05) is 7.05 Å². The van der Waals surface area contributed by atoms with Gasteiger partial charge in [0.25, 0.3) is 0 Å². The van der Waals surface area contributed by atoms with Crippen LogP contribution in [0, 0.1) is 0 Å². The van der Waals surface area contributed by atoms with Gasteiger partial charge in [-0.25, -0.2) is 0 Å². The molecule has 0 unspecified atom stereocenters. The smallest absolute Gasteiger partial charge is 0.247 e. The second-order valence-corrected chi connectivity index (χ2v) is 6.06. The normalized spacial score (nSPS) is 16.9. The van der Waals surface area contributed by atoms with Gasteiger partial charge in [-0.3, -0.25) is 9.59 Å². The summed E-state index contributed by atoms with van der Waals surface area (Å²) in [6.07, 6.45) is 0.341. The first kappa shape index (κ1) is 15.6. The highest BCUT2D eigenvalue weighted by atomic mass is 35.5. The number of carbonyl (C=O) groups excluding carboxylic acids is 2. The zero-order valence-corrected chi connectivity index (χ0v) is 13.5. The predicted octanol–water partition coefficient (Wildman–Crippen LogP) is 2.71. The summed E-state index contributed by atoms with van der Waals surface area (Å²) in [4.78, 5) is 26.3. The maximum atomic E-state index is 12.6. The maximum absolute atomic E-state index is 12.6. The molecule has 2 aromatic carbocycles. The average molecular weight is 329 g/mol. The molecule has 3 rings (SSSR count). The fourth-order valence-corrected chi connectivity index (χ4v) is 2.93. The number of amides is 2. The molecule has 1 atom stereocenters. The molecule has 0 aliphatic carbocycles. The summed E-state index contributed by atoms with van der Waals surface area (Å²) < 4.78 is 0. The van der Waals surface area contributed by atoms with Crippen LogP contribution in [0.15, 0.2) is 48.5 Å². The lowest BCUT2D eigenvalue weighted by atomic mass is 9.92. The van der Waals surface area contributed by atoms with Gasteiger partial charge in [-0.1, -0.05) is 48.0 Å². The molecule has 0 saturated carbocycles. The van der Waals surface area contributed by atoms with Crippen LogP contribution in [0.5, 0.6) is 0 Å². The molecule has 4 nitrogen and oxygen atoms in total. The minimum Gasteiger partial charge on any atom is -0.350 e. The summed E-state index contributed by atoms with van der Waals surface area (Å²) >= 11 is 5.86. The van der Waals surface area contributed by atoms with E-state index in [1.807, 2.05) is 36.4 Å². The van der Waals surface area contributed by atoms with Gasteiger partial charge < -0.3 is 10.2 Å². The van der Waals surface area contributed by atoms with E-state index in [1.54, 1.807) is 19.2 Å². The van der Waals surface area contributed by atoms with E-state index in [4.69, 9.17) is 11.6 Å². The Morgan fingerprint density at radius 3 is 2.65 bits per heavy atom. The lowest BCUT2D eigenvalue weighted by molar-refractivity contribution is -0.140. The van der Waals surface area contributed by atoms with Gasteiger partial charge in [0.1, 0.15) is 6.04 Å². The Hall–Kier alpha value is -2.33. The van der Waals surface area contributed by atoms with Crippen molar-refractivity contribution in [1.29, 1.82) is 0 Å². The third kappa shape index (κ3) is 3.22. The van der Waals surface area contributed by atoms with E-state index >= 15 is 0 Å². The monoisotopic (exact) mass is 328 g/mol. The average Bonchev–Trinajstić information content (AvgIpc) is 2.55. The number of nitrogens with zero attached hydrogens (tertiary/aromatic N) is 1. The maximum Gasteiger partial charge on any atom is 0.247 e. The van der Waals surface area contributed by atoms with Gasteiger partial charge in [-0.15, -0.1) is 0 Å². The fourth-order valence-electron chi connectivity index (χ4n) is 2.81. The largest absolute Gasteiger partial charge is 0.350 e. The SMILES string of the molecule is CN1C(=O)Cc2ccccc2[C@H]1C(=O)NCc1ccc(Cl)cc1. The molecule has 23 heavy (non-hydrogen) atoms. The zero-order chi connectivity index (χ0) is 16.4. The van der Waals surface area contributed by atoms with Gasteiger partial charge in [0.15, 0.2) is 0 Å². The Kier molecular flexibility index (Phi) is 4.35. The van der Waals surface area contributed by atoms with Gasteiger partial charge in [-0.05, 0) is 28.8 Å². The van der Waals surface area contributed by atoms with Gasteiger partial charge in [0, 0.05) is 18.6 Å². The third-order valence-electron chi connectivity index (χ3n) is 4.10. The minimum absolute atomic E-state index is 0.0460. The number of halogens is 1. The van der Waals surface area contributed by atoms with Crippen molar-refractivity contribution in [2.24, 2.45) is 0 Å². The van der Waals surface area contributed by atoms with Gasteiger partial charge in [-0.2, -0.15) is 0 Å². The van der Waals surface area contributed by atoms with Crippen molar-refractivity contribution >= 4 is 23.4 Å². The molecule has 0 saturated heterocycles. The van der Waals surface area contributed by atoms with Crippen LogP contribution in [0.4, 0.5) is 0 Å². The second kappa shape index (κ2) is 6.42. The summed E-state index contributed by atoms with van der Waals surface area (Å²) in [5.41, 5.74) is 2.77. The Bertz CT molecular complexity index is 743. The summed E-state index contributed by atoms with van der Waals surface area (Å²) in [6, 6.07) is 14.3. The van der Waals surface area contributed by atoms with E-state index < -0.39 is 6.04 Å². The molecule has 5 heteroatoms. The van der Waals surface area contributed by atoms with Crippen molar-refractivity contribution in [1.82, 2.24) is 10.2 Å². The molecule has 1 aliphatic rings. The van der Waals surface area contributed by atoms with Crippen LogP contribution in [-0.4, -0.2) is 23.8 Å². The quantitative estimate of drug-likeness (QED) is 0.941. The molecule has 118 valence electrons. The number of hydrogen-bond donors (Lipinski definition) is 1. The van der Waals surface area contributed by atoms with E-state index in [9.17, 15) is 9.59 Å². The van der Waals surface area contributed by atoms with Crippen LogP contribution in [0.1, 0.15) is 22.7 Å². The van der Waals surface area contributed by atoms with Gasteiger partial charge >= 0.3 is 0 Å². The Morgan fingerprint density at radius 1 is 1.22 bits per heavy atom. The number of nitrogens with one attached hydrogen (secondary N) is 1. The van der Waals surface area contributed by atoms with Crippen molar-refractivity contribution < 1.29 is 9.59 Å².